The molecule has 1 fully saturated rings. The molecule has 1 aliphatic carbocycles. The van der Waals surface area contributed by atoms with Crippen molar-refractivity contribution in [1.29, 1.82) is 0 Å². The fraction of sp³-hybridized carbons (Fsp3) is 0.500. The zero-order valence-corrected chi connectivity index (χ0v) is 12.4. The topological polar surface area (TPSA) is 68.0 Å². The minimum Gasteiger partial charge on any atom is -0.481 e. The quantitative estimate of drug-likeness (QED) is 0.858. The van der Waals surface area contributed by atoms with Crippen LogP contribution in [0.25, 0.3) is 11.2 Å². The van der Waals surface area contributed by atoms with Crippen molar-refractivity contribution in [3.8, 4) is 0 Å². The number of fused-ring (bicyclic) bond motifs is 1. The van der Waals surface area contributed by atoms with Gasteiger partial charge in [-0.15, -0.1) is 0 Å². The van der Waals surface area contributed by atoms with Gasteiger partial charge in [0.05, 0.1) is 5.75 Å². The average Bonchev–Trinajstić information content (AvgIpc) is 3.17. The molecule has 0 aliphatic heterocycles. The van der Waals surface area contributed by atoms with Crippen molar-refractivity contribution in [2.75, 3.05) is 5.75 Å². The van der Waals surface area contributed by atoms with E-state index in [-0.39, 0.29) is 5.75 Å². The van der Waals surface area contributed by atoms with Gasteiger partial charge >= 0.3 is 5.97 Å². The Morgan fingerprint density at radius 3 is 2.90 bits per heavy atom. The van der Waals surface area contributed by atoms with Crippen LogP contribution in [0.15, 0.2) is 17.3 Å². The fourth-order valence-corrected chi connectivity index (χ4v) is 3.24. The van der Waals surface area contributed by atoms with Crippen molar-refractivity contribution in [1.82, 2.24) is 14.5 Å². The summed E-state index contributed by atoms with van der Waals surface area (Å²) in [5.41, 5.74) is 2.67. The third-order valence-electron chi connectivity index (χ3n) is 3.68. The molecule has 0 saturated heterocycles. The van der Waals surface area contributed by atoms with Crippen LogP contribution in [-0.2, 0) is 4.79 Å². The molecule has 1 aliphatic rings. The molecule has 6 heteroatoms. The van der Waals surface area contributed by atoms with E-state index >= 15 is 0 Å². The predicted octanol–water partition coefficient (Wildman–Crippen LogP) is 2.89. The predicted molar refractivity (Wildman–Crippen MR) is 78.1 cm³/mol. The number of hydrogen-bond acceptors (Lipinski definition) is 4. The Balaban J connectivity index is 2.06. The summed E-state index contributed by atoms with van der Waals surface area (Å²) in [5.74, 6) is -0.129. The fourth-order valence-electron chi connectivity index (χ4n) is 2.43. The third kappa shape index (κ3) is 2.52. The number of nitrogens with zero attached hydrogens (tertiary/aromatic N) is 3. The van der Waals surface area contributed by atoms with Crippen LogP contribution in [0.4, 0.5) is 0 Å². The number of imidazole rings is 1. The zero-order valence-electron chi connectivity index (χ0n) is 11.5. The van der Waals surface area contributed by atoms with E-state index < -0.39 is 5.97 Å². The molecule has 20 heavy (non-hydrogen) atoms. The van der Waals surface area contributed by atoms with Crippen molar-refractivity contribution in [2.45, 2.75) is 37.9 Å². The normalized spacial score (nSPS) is 16.5. The summed E-state index contributed by atoms with van der Waals surface area (Å²) >= 11 is 1.27. The van der Waals surface area contributed by atoms with E-state index in [0.29, 0.717) is 12.0 Å². The Morgan fingerprint density at radius 1 is 1.50 bits per heavy atom. The molecule has 2 aromatic heterocycles. The van der Waals surface area contributed by atoms with Gasteiger partial charge < -0.3 is 9.67 Å². The maximum absolute atomic E-state index is 10.8. The molecule has 1 unspecified atom stereocenters. The molecule has 0 radical (unpaired) electrons. The molecule has 2 heterocycles. The van der Waals surface area contributed by atoms with Crippen LogP contribution in [0, 0.1) is 12.8 Å². The summed E-state index contributed by atoms with van der Waals surface area (Å²) in [6.07, 6.45) is 2.46. The maximum atomic E-state index is 10.8. The molecule has 0 spiro atoms. The molecular formula is C14H17N3O2S. The smallest absolute Gasteiger partial charge is 0.313 e. The van der Waals surface area contributed by atoms with Crippen LogP contribution in [-0.4, -0.2) is 31.4 Å². The zero-order chi connectivity index (χ0) is 14.3. The van der Waals surface area contributed by atoms with Gasteiger partial charge in [0.2, 0.25) is 0 Å². The second-order valence-corrected chi connectivity index (χ2v) is 6.26. The minimum atomic E-state index is -0.822. The van der Waals surface area contributed by atoms with Crippen LogP contribution in [0.5, 0.6) is 0 Å². The molecule has 2 aromatic rings. The first kappa shape index (κ1) is 13.4. The summed E-state index contributed by atoms with van der Waals surface area (Å²) in [6, 6.07) is 4.22. The number of hydrogen-bond donors (Lipinski definition) is 1. The van der Waals surface area contributed by atoms with Crippen LogP contribution in [0.3, 0.4) is 0 Å². The van der Waals surface area contributed by atoms with Gasteiger partial charge in [-0.1, -0.05) is 11.8 Å². The maximum Gasteiger partial charge on any atom is 0.313 e. The molecular weight excluding hydrogens is 274 g/mol. The number of aryl methyl sites for hydroxylation is 1. The van der Waals surface area contributed by atoms with Crippen molar-refractivity contribution in [3.05, 3.63) is 17.8 Å². The van der Waals surface area contributed by atoms with Gasteiger partial charge in [-0.3, -0.25) is 4.79 Å². The van der Waals surface area contributed by atoms with Crippen LogP contribution < -0.4 is 0 Å². The van der Waals surface area contributed by atoms with E-state index in [1.807, 2.05) is 19.1 Å². The monoisotopic (exact) mass is 291 g/mol. The van der Waals surface area contributed by atoms with Crippen LogP contribution in [0.1, 0.15) is 31.5 Å². The summed E-state index contributed by atoms with van der Waals surface area (Å²) in [5, 5.41) is 9.64. The first-order valence-electron chi connectivity index (χ1n) is 6.76. The Morgan fingerprint density at radius 2 is 2.25 bits per heavy atom. The van der Waals surface area contributed by atoms with E-state index in [4.69, 9.17) is 5.11 Å². The lowest BCUT2D eigenvalue weighted by Gasteiger charge is -2.15. The van der Waals surface area contributed by atoms with Gasteiger partial charge in [0, 0.05) is 11.7 Å². The lowest BCUT2D eigenvalue weighted by molar-refractivity contribution is -0.133. The first-order valence-corrected chi connectivity index (χ1v) is 7.75. The first-order chi connectivity index (χ1) is 9.56. The van der Waals surface area contributed by atoms with E-state index in [1.165, 1.54) is 24.6 Å². The van der Waals surface area contributed by atoms with Crippen LogP contribution in [0.2, 0.25) is 0 Å². The number of thioether (sulfide) groups is 1. The van der Waals surface area contributed by atoms with Gasteiger partial charge in [-0.25, -0.2) is 9.97 Å². The number of carbonyl (C=O) groups is 1. The third-order valence-corrected chi connectivity index (χ3v) is 4.62. The Bertz CT molecular complexity index is 664. The molecule has 0 bridgehead atoms. The number of pyridine rings is 1. The molecule has 1 N–H and O–H groups in total. The SMILES string of the molecule is Cc1ccc2nc(SCC(=O)O)n(C(C)C3CC3)c2n1. The standard InChI is InChI=1S/C14H17N3O2S/c1-8-3-6-11-13(15-8)17(9(2)10-4-5-10)14(16-11)20-7-12(18)19/h3,6,9-10H,4-5,7H2,1-2H3,(H,18,19). The second kappa shape index (κ2) is 5.09. The van der Waals surface area contributed by atoms with Crippen molar-refractivity contribution in [3.63, 3.8) is 0 Å². The van der Waals surface area contributed by atoms with Gasteiger partial charge in [0.15, 0.2) is 10.8 Å². The highest BCUT2D eigenvalue weighted by Gasteiger charge is 2.32. The van der Waals surface area contributed by atoms with E-state index in [1.54, 1.807) is 0 Å². The minimum absolute atomic E-state index is 0.0275. The van der Waals surface area contributed by atoms with Gasteiger partial charge in [0.25, 0.3) is 0 Å². The van der Waals surface area contributed by atoms with E-state index in [2.05, 4.69) is 21.5 Å². The largest absolute Gasteiger partial charge is 0.481 e. The number of carboxylic acid groups (broad SMARTS) is 1. The molecule has 0 aromatic carbocycles. The summed E-state index contributed by atoms with van der Waals surface area (Å²) < 4.78 is 2.12. The Kier molecular flexibility index (Phi) is 3.41. The molecule has 106 valence electrons. The highest BCUT2D eigenvalue weighted by molar-refractivity contribution is 7.99. The Hall–Kier alpha value is -1.56. The molecule has 0 amide bonds. The molecule has 5 nitrogen and oxygen atoms in total. The van der Waals surface area contributed by atoms with Crippen molar-refractivity contribution in [2.24, 2.45) is 5.92 Å². The molecule has 1 atom stereocenters. The van der Waals surface area contributed by atoms with E-state index in [9.17, 15) is 4.79 Å². The average molecular weight is 291 g/mol. The number of carboxylic acids is 1. The van der Waals surface area contributed by atoms with Gasteiger partial charge in [-0.05, 0) is 44.7 Å². The lowest BCUT2D eigenvalue weighted by atomic mass is 10.2. The summed E-state index contributed by atoms with van der Waals surface area (Å²) in [4.78, 5) is 19.9. The van der Waals surface area contributed by atoms with Crippen LogP contribution >= 0.6 is 11.8 Å². The molecule has 3 rings (SSSR count). The number of aromatic nitrogens is 3. The van der Waals surface area contributed by atoms with E-state index in [0.717, 1.165) is 22.0 Å². The Labute approximate surface area is 121 Å². The summed E-state index contributed by atoms with van der Waals surface area (Å²) in [6.45, 7) is 4.14. The lowest BCUT2D eigenvalue weighted by Crippen LogP contribution is -2.10. The van der Waals surface area contributed by atoms with Crippen molar-refractivity contribution < 1.29 is 9.90 Å². The number of rotatable bonds is 5. The van der Waals surface area contributed by atoms with Crippen molar-refractivity contribution >= 4 is 28.9 Å². The second-order valence-electron chi connectivity index (χ2n) is 5.32. The number of aliphatic carboxylic acids is 1. The summed E-state index contributed by atoms with van der Waals surface area (Å²) in [7, 11) is 0. The highest BCUT2D eigenvalue weighted by atomic mass is 32.2. The highest BCUT2D eigenvalue weighted by Crippen LogP contribution is 2.42. The van der Waals surface area contributed by atoms with Gasteiger partial charge in [0.1, 0.15) is 5.52 Å². The molecule has 1 saturated carbocycles. The van der Waals surface area contributed by atoms with Gasteiger partial charge in [-0.2, -0.15) is 0 Å².